The molecule has 24 heavy (non-hydrogen) atoms. The van der Waals surface area contributed by atoms with Crippen LogP contribution in [-0.4, -0.2) is 36.6 Å². The minimum absolute atomic E-state index is 0.227. The molecule has 2 rings (SSSR count). The molecule has 0 unspecified atom stereocenters. The minimum Gasteiger partial charge on any atom is -0.490 e. The Bertz CT molecular complexity index is 700. The number of amides is 3. The molecule has 1 aliphatic rings. The highest BCUT2D eigenvalue weighted by Gasteiger charge is 2.32. The van der Waals surface area contributed by atoms with Gasteiger partial charge in [-0.05, 0) is 37.6 Å². The van der Waals surface area contributed by atoms with Gasteiger partial charge in [-0.1, -0.05) is 28.6 Å². The number of carbonyl (C=O) groups excluding carboxylic acids is 2. The van der Waals surface area contributed by atoms with Gasteiger partial charge in [0.2, 0.25) is 0 Å². The Morgan fingerprint density at radius 1 is 1.25 bits per heavy atom. The lowest BCUT2D eigenvalue weighted by atomic mass is 10.1. The maximum atomic E-state index is 12.2. The van der Waals surface area contributed by atoms with Gasteiger partial charge in [0, 0.05) is 11.0 Å². The van der Waals surface area contributed by atoms with E-state index in [9.17, 15) is 9.59 Å². The summed E-state index contributed by atoms with van der Waals surface area (Å²) < 4.78 is 11.9. The number of hydrogen-bond acceptors (Lipinski definition) is 4. The van der Waals surface area contributed by atoms with Gasteiger partial charge < -0.3 is 14.8 Å². The molecule has 1 fully saturated rings. The molecule has 1 aliphatic heterocycles. The van der Waals surface area contributed by atoms with Crippen LogP contribution in [0.2, 0.25) is 0 Å². The Labute approximate surface area is 149 Å². The molecule has 0 aliphatic carbocycles. The second-order valence-corrected chi connectivity index (χ2v) is 5.75. The monoisotopic (exact) mass is 394 g/mol. The molecule has 0 bridgehead atoms. The van der Waals surface area contributed by atoms with E-state index in [0.717, 1.165) is 9.37 Å². The van der Waals surface area contributed by atoms with Crippen molar-refractivity contribution in [2.45, 2.75) is 13.8 Å². The van der Waals surface area contributed by atoms with Gasteiger partial charge >= 0.3 is 6.03 Å². The van der Waals surface area contributed by atoms with Crippen LogP contribution in [0.25, 0.3) is 6.08 Å². The quantitative estimate of drug-likeness (QED) is 0.437. The number of rotatable bonds is 7. The van der Waals surface area contributed by atoms with Crippen LogP contribution < -0.4 is 14.8 Å². The first-order valence-electron chi connectivity index (χ1n) is 7.56. The van der Waals surface area contributed by atoms with Crippen molar-refractivity contribution in [3.05, 3.63) is 40.5 Å². The highest BCUT2D eigenvalue weighted by molar-refractivity contribution is 9.10. The number of likely N-dealkylation sites (N-methyl/N-ethyl adjacent to an activating group) is 1. The van der Waals surface area contributed by atoms with Crippen LogP contribution >= 0.6 is 15.9 Å². The first-order chi connectivity index (χ1) is 11.5. The predicted octanol–water partition coefficient (Wildman–Crippen LogP) is 3.33. The lowest BCUT2D eigenvalue weighted by Gasteiger charge is -2.13. The molecular weight excluding hydrogens is 376 g/mol. The fraction of sp³-hybridized carbons (Fsp3) is 0.294. The van der Waals surface area contributed by atoms with E-state index in [1.165, 1.54) is 0 Å². The second-order valence-electron chi connectivity index (χ2n) is 4.89. The molecule has 1 saturated heterocycles. The molecule has 1 N–H and O–H groups in total. The van der Waals surface area contributed by atoms with E-state index in [4.69, 9.17) is 9.47 Å². The zero-order valence-electron chi connectivity index (χ0n) is 13.6. The first kappa shape index (κ1) is 18.1. The summed E-state index contributed by atoms with van der Waals surface area (Å²) in [6, 6.07) is 3.10. The van der Waals surface area contributed by atoms with E-state index >= 15 is 0 Å². The van der Waals surface area contributed by atoms with Crippen molar-refractivity contribution in [2.75, 3.05) is 19.8 Å². The number of hydrogen-bond donors (Lipinski definition) is 1. The Balaban J connectivity index is 2.38. The van der Waals surface area contributed by atoms with Gasteiger partial charge in [0.05, 0.1) is 6.61 Å². The highest BCUT2D eigenvalue weighted by Crippen LogP contribution is 2.35. The van der Waals surface area contributed by atoms with Crippen LogP contribution in [-0.2, 0) is 4.79 Å². The zero-order chi connectivity index (χ0) is 17.7. The average molecular weight is 395 g/mol. The second kappa shape index (κ2) is 8.01. The van der Waals surface area contributed by atoms with E-state index < -0.39 is 6.03 Å². The lowest BCUT2D eigenvalue weighted by Crippen LogP contribution is -2.30. The molecular formula is C17H19BrN2O4. The molecule has 6 nitrogen and oxygen atoms in total. The van der Waals surface area contributed by atoms with Crippen LogP contribution in [0.1, 0.15) is 19.4 Å². The molecule has 0 saturated carbocycles. The Kier molecular flexibility index (Phi) is 6.03. The van der Waals surface area contributed by atoms with Gasteiger partial charge in [0.25, 0.3) is 5.91 Å². The summed E-state index contributed by atoms with van der Waals surface area (Å²) in [4.78, 5) is 25.0. The van der Waals surface area contributed by atoms with Gasteiger partial charge in [0.15, 0.2) is 11.5 Å². The van der Waals surface area contributed by atoms with E-state index in [-0.39, 0.29) is 11.6 Å². The van der Waals surface area contributed by atoms with Crippen molar-refractivity contribution in [3.63, 3.8) is 0 Å². The molecule has 1 aromatic rings. The number of benzene rings is 1. The average Bonchev–Trinajstić information content (AvgIpc) is 2.82. The van der Waals surface area contributed by atoms with Crippen molar-refractivity contribution in [1.82, 2.24) is 10.2 Å². The Hall–Kier alpha value is -2.28. The number of ether oxygens (including phenoxy) is 2. The summed E-state index contributed by atoms with van der Waals surface area (Å²) >= 11 is 3.46. The molecule has 128 valence electrons. The molecule has 7 heteroatoms. The SMILES string of the molecule is C=CCOc1cc(Br)c(/C=C2/NC(=O)N(CC)C2=O)cc1OCC. The topological polar surface area (TPSA) is 67.9 Å². The van der Waals surface area contributed by atoms with Crippen molar-refractivity contribution < 1.29 is 19.1 Å². The van der Waals surface area contributed by atoms with E-state index in [1.54, 1.807) is 31.2 Å². The molecule has 0 aromatic heterocycles. The first-order valence-corrected chi connectivity index (χ1v) is 8.35. The van der Waals surface area contributed by atoms with Crippen molar-refractivity contribution in [2.24, 2.45) is 0 Å². The molecule has 3 amide bonds. The standard InChI is InChI=1S/C17H19BrN2O4/c1-4-7-24-15-10-12(18)11(9-14(15)23-6-3)8-13-16(21)20(5-2)17(22)19-13/h4,8-10H,1,5-7H2,2-3H3,(H,19,22)/b13-8+. The number of carbonyl (C=O) groups is 2. The van der Waals surface area contributed by atoms with Crippen LogP contribution in [0.4, 0.5) is 4.79 Å². The summed E-state index contributed by atoms with van der Waals surface area (Å²) in [6.07, 6.45) is 3.26. The smallest absolute Gasteiger partial charge is 0.328 e. The number of urea groups is 1. The molecule has 0 atom stereocenters. The number of nitrogens with zero attached hydrogens (tertiary/aromatic N) is 1. The maximum absolute atomic E-state index is 12.2. The lowest BCUT2D eigenvalue weighted by molar-refractivity contribution is -0.122. The molecule has 0 spiro atoms. The maximum Gasteiger partial charge on any atom is 0.328 e. The third kappa shape index (κ3) is 3.79. The fourth-order valence-electron chi connectivity index (χ4n) is 2.21. The van der Waals surface area contributed by atoms with E-state index in [2.05, 4.69) is 27.8 Å². The van der Waals surface area contributed by atoms with Crippen LogP contribution in [0.15, 0.2) is 35.0 Å². The Morgan fingerprint density at radius 2 is 1.96 bits per heavy atom. The van der Waals surface area contributed by atoms with E-state index in [0.29, 0.717) is 36.8 Å². The molecule has 1 aromatic carbocycles. The van der Waals surface area contributed by atoms with E-state index in [1.807, 2.05) is 6.92 Å². The summed E-state index contributed by atoms with van der Waals surface area (Å²) in [6.45, 7) is 8.39. The number of nitrogens with one attached hydrogen (secondary N) is 1. The number of halogens is 1. The minimum atomic E-state index is -0.416. The van der Waals surface area contributed by atoms with Crippen molar-refractivity contribution >= 4 is 33.9 Å². The zero-order valence-corrected chi connectivity index (χ0v) is 15.2. The van der Waals surface area contributed by atoms with Gasteiger partial charge in [0.1, 0.15) is 12.3 Å². The number of imide groups is 1. The van der Waals surface area contributed by atoms with Gasteiger partial charge in [-0.25, -0.2) is 4.79 Å². The molecule has 1 heterocycles. The summed E-state index contributed by atoms with van der Waals surface area (Å²) in [7, 11) is 0. The van der Waals surface area contributed by atoms with Crippen LogP contribution in [0.3, 0.4) is 0 Å². The largest absolute Gasteiger partial charge is 0.490 e. The van der Waals surface area contributed by atoms with Crippen LogP contribution in [0, 0.1) is 0 Å². The summed E-state index contributed by atoms with van der Waals surface area (Å²) in [5.74, 6) is 0.778. The van der Waals surface area contributed by atoms with Crippen LogP contribution in [0.5, 0.6) is 11.5 Å². The predicted molar refractivity (Wildman–Crippen MR) is 94.9 cm³/mol. The Morgan fingerprint density at radius 3 is 2.54 bits per heavy atom. The normalized spacial score (nSPS) is 15.6. The third-order valence-electron chi connectivity index (χ3n) is 3.30. The summed E-state index contributed by atoms with van der Waals surface area (Å²) in [5, 5.41) is 2.57. The highest BCUT2D eigenvalue weighted by atomic mass is 79.9. The van der Waals surface area contributed by atoms with Crippen molar-refractivity contribution in [3.8, 4) is 11.5 Å². The van der Waals surface area contributed by atoms with Gasteiger partial charge in [-0.15, -0.1) is 0 Å². The molecule has 0 radical (unpaired) electrons. The third-order valence-corrected chi connectivity index (χ3v) is 3.98. The fourth-order valence-corrected chi connectivity index (χ4v) is 2.64. The van der Waals surface area contributed by atoms with Gasteiger partial charge in [-0.2, -0.15) is 0 Å². The van der Waals surface area contributed by atoms with Crippen molar-refractivity contribution in [1.29, 1.82) is 0 Å². The summed E-state index contributed by atoms with van der Waals surface area (Å²) in [5.41, 5.74) is 0.927. The van der Waals surface area contributed by atoms with Gasteiger partial charge in [-0.3, -0.25) is 9.69 Å².